The first-order valence-corrected chi connectivity index (χ1v) is 15.1. The smallest absolute Gasteiger partial charge is 0.368 e. The molecule has 0 aliphatic carbocycles. The number of alkyl halides is 6. The van der Waals surface area contributed by atoms with Crippen LogP contribution < -0.4 is 10.2 Å². The summed E-state index contributed by atoms with van der Waals surface area (Å²) in [6, 6.07) is 6.77. The maximum Gasteiger partial charge on any atom is 0.416 e. The van der Waals surface area contributed by atoms with E-state index in [1.807, 2.05) is 13.8 Å². The topological polar surface area (TPSA) is 76.2 Å². The van der Waals surface area contributed by atoms with Crippen molar-refractivity contribution in [3.63, 3.8) is 0 Å². The maximum atomic E-state index is 14.2. The average Bonchev–Trinajstić information content (AvgIpc) is 3.34. The van der Waals surface area contributed by atoms with Gasteiger partial charge in [0.05, 0.1) is 35.0 Å². The number of amides is 4. The number of carbonyl (C=O) groups excluding carboxylic acids is 3. The lowest BCUT2D eigenvalue weighted by atomic mass is 9.91. The fourth-order valence-electron chi connectivity index (χ4n) is 6.42. The molecule has 4 amide bonds. The Bertz CT molecular complexity index is 1530. The molecule has 1 N–H and O–H groups in total. The van der Waals surface area contributed by atoms with E-state index in [0.717, 1.165) is 18.2 Å². The minimum absolute atomic E-state index is 0.00549. The lowest BCUT2D eigenvalue weighted by molar-refractivity contribution is -0.144. The number of hydrogen-bond acceptors (Lipinski definition) is 4. The molecule has 3 heterocycles. The fourth-order valence-corrected chi connectivity index (χ4v) is 6.42. The standard InChI is InChI=1S/C32H35F6N5O3/c1-4-42-25-18-43(29(45)26(25)27(39-30(42)46)22-10-5-6-11-23(22)32(36,37)38)24(16-19(2)3)28(44)41-14-12-40(13-15-41)21-9-7-8-20(17-21)31(33,34)35/h5-11,17,19,24,27H,4,12-16,18H2,1-3H3,(H,39,46). The Morgan fingerprint density at radius 3 is 2.22 bits per heavy atom. The van der Waals surface area contributed by atoms with E-state index in [4.69, 9.17) is 0 Å². The predicted molar refractivity (Wildman–Crippen MR) is 157 cm³/mol. The predicted octanol–water partition coefficient (Wildman–Crippen LogP) is 5.67. The van der Waals surface area contributed by atoms with Crippen molar-refractivity contribution < 1.29 is 40.7 Å². The van der Waals surface area contributed by atoms with Crippen molar-refractivity contribution in [2.24, 2.45) is 5.92 Å². The SMILES string of the molecule is CCN1C(=O)NC(c2ccccc2C(F)(F)F)C2=C1CN(C(CC(C)C)C(=O)N1CCN(c3cccc(C(F)(F)F)c3)CC1)C2=O. The molecule has 46 heavy (non-hydrogen) atoms. The highest BCUT2D eigenvalue weighted by atomic mass is 19.4. The molecule has 0 spiro atoms. The lowest BCUT2D eigenvalue weighted by Crippen LogP contribution is -2.56. The molecule has 0 aromatic heterocycles. The molecule has 0 radical (unpaired) electrons. The highest BCUT2D eigenvalue weighted by molar-refractivity contribution is 6.03. The molecule has 248 valence electrons. The summed E-state index contributed by atoms with van der Waals surface area (Å²) in [6.45, 7) is 6.39. The number of nitrogens with one attached hydrogen (secondary N) is 1. The minimum atomic E-state index is -4.74. The van der Waals surface area contributed by atoms with E-state index in [-0.39, 0.29) is 74.3 Å². The zero-order valence-corrected chi connectivity index (χ0v) is 25.6. The number of halogens is 6. The molecule has 8 nitrogen and oxygen atoms in total. The number of hydrogen-bond donors (Lipinski definition) is 1. The van der Waals surface area contributed by atoms with Gasteiger partial charge in [-0.25, -0.2) is 4.79 Å². The molecule has 2 atom stereocenters. The second-order valence-corrected chi connectivity index (χ2v) is 12.0. The van der Waals surface area contributed by atoms with Crippen LogP contribution in [0.25, 0.3) is 0 Å². The molecule has 1 fully saturated rings. The van der Waals surface area contributed by atoms with E-state index in [1.165, 1.54) is 34.1 Å². The van der Waals surface area contributed by atoms with E-state index in [9.17, 15) is 40.7 Å². The largest absolute Gasteiger partial charge is 0.416 e. The molecule has 1 saturated heterocycles. The van der Waals surface area contributed by atoms with E-state index in [1.54, 1.807) is 22.8 Å². The zero-order valence-electron chi connectivity index (χ0n) is 25.6. The van der Waals surface area contributed by atoms with Crippen LogP contribution in [0.4, 0.5) is 36.8 Å². The van der Waals surface area contributed by atoms with Crippen LogP contribution in [0.2, 0.25) is 0 Å². The Kier molecular flexibility index (Phi) is 9.02. The second-order valence-electron chi connectivity index (χ2n) is 12.0. The summed E-state index contributed by atoms with van der Waals surface area (Å²) in [5.74, 6) is -1.04. The normalized spacial score (nSPS) is 20.0. The van der Waals surface area contributed by atoms with Crippen LogP contribution in [0.3, 0.4) is 0 Å². The molecule has 2 aromatic rings. The number of nitrogens with zero attached hydrogens (tertiary/aromatic N) is 4. The van der Waals surface area contributed by atoms with Gasteiger partial charge in [-0.2, -0.15) is 26.3 Å². The number of anilines is 1. The Balaban J connectivity index is 1.40. The molecule has 0 saturated carbocycles. The van der Waals surface area contributed by atoms with Gasteiger partial charge in [0.25, 0.3) is 5.91 Å². The molecule has 0 bridgehead atoms. The van der Waals surface area contributed by atoms with Gasteiger partial charge in [0, 0.05) is 38.4 Å². The van der Waals surface area contributed by atoms with Crippen LogP contribution in [0.5, 0.6) is 0 Å². The van der Waals surface area contributed by atoms with Crippen LogP contribution in [-0.4, -0.2) is 77.9 Å². The molecule has 2 unspecified atom stereocenters. The van der Waals surface area contributed by atoms with Gasteiger partial charge in [-0.05, 0) is 49.1 Å². The van der Waals surface area contributed by atoms with E-state index < -0.39 is 47.5 Å². The van der Waals surface area contributed by atoms with Crippen molar-refractivity contribution in [2.75, 3.05) is 44.2 Å². The minimum Gasteiger partial charge on any atom is -0.368 e. The van der Waals surface area contributed by atoms with Crippen LogP contribution in [0, 0.1) is 5.92 Å². The van der Waals surface area contributed by atoms with E-state index >= 15 is 0 Å². The van der Waals surface area contributed by atoms with Crippen LogP contribution in [0.15, 0.2) is 59.8 Å². The van der Waals surface area contributed by atoms with Crippen molar-refractivity contribution in [2.45, 2.75) is 51.6 Å². The van der Waals surface area contributed by atoms with E-state index in [0.29, 0.717) is 5.69 Å². The van der Waals surface area contributed by atoms with Crippen LogP contribution in [-0.2, 0) is 21.9 Å². The number of urea groups is 1. The molecule has 3 aliphatic rings. The summed E-state index contributed by atoms with van der Waals surface area (Å²) in [5, 5.41) is 2.58. The third-order valence-electron chi connectivity index (χ3n) is 8.63. The Morgan fingerprint density at radius 2 is 1.61 bits per heavy atom. The molecular formula is C32H35F6N5O3. The molecule has 5 rings (SSSR count). The number of piperazine rings is 1. The van der Waals surface area contributed by atoms with Gasteiger partial charge in [-0.3, -0.25) is 14.5 Å². The fraction of sp³-hybridized carbons (Fsp3) is 0.469. The number of benzene rings is 2. The quantitative estimate of drug-likeness (QED) is 0.392. The zero-order chi connectivity index (χ0) is 33.6. The molecule has 14 heteroatoms. The highest BCUT2D eigenvalue weighted by Crippen LogP contribution is 2.42. The summed E-state index contributed by atoms with van der Waals surface area (Å²) in [7, 11) is 0. The first-order valence-electron chi connectivity index (χ1n) is 15.1. The van der Waals surface area contributed by atoms with Crippen LogP contribution in [0.1, 0.15) is 49.9 Å². The van der Waals surface area contributed by atoms with Crippen LogP contribution >= 0.6 is 0 Å². The van der Waals surface area contributed by atoms with Crippen molar-refractivity contribution >= 4 is 23.5 Å². The maximum absolute atomic E-state index is 14.2. The number of carbonyl (C=O) groups is 3. The Hall–Kier alpha value is -4.23. The van der Waals surface area contributed by atoms with Crippen molar-refractivity contribution in [3.05, 3.63) is 76.5 Å². The third kappa shape index (κ3) is 6.38. The summed E-state index contributed by atoms with van der Waals surface area (Å²) < 4.78 is 81.8. The third-order valence-corrected chi connectivity index (χ3v) is 8.63. The van der Waals surface area contributed by atoms with Crippen molar-refractivity contribution in [1.29, 1.82) is 0 Å². The van der Waals surface area contributed by atoms with Gasteiger partial charge in [-0.15, -0.1) is 0 Å². The average molecular weight is 652 g/mol. The van der Waals surface area contributed by atoms with Gasteiger partial charge in [0.15, 0.2) is 0 Å². The summed E-state index contributed by atoms with van der Waals surface area (Å²) >= 11 is 0. The van der Waals surface area contributed by atoms with Gasteiger partial charge in [0.1, 0.15) is 6.04 Å². The molecule has 2 aromatic carbocycles. The molecular weight excluding hydrogens is 616 g/mol. The van der Waals surface area contributed by atoms with Crippen molar-refractivity contribution in [1.82, 2.24) is 20.0 Å². The van der Waals surface area contributed by atoms with Gasteiger partial charge in [0.2, 0.25) is 5.91 Å². The lowest BCUT2D eigenvalue weighted by Gasteiger charge is -2.39. The number of rotatable bonds is 7. The van der Waals surface area contributed by atoms with Gasteiger partial charge < -0.3 is 20.0 Å². The van der Waals surface area contributed by atoms with Crippen molar-refractivity contribution in [3.8, 4) is 0 Å². The Labute approximate surface area is 262 Å². The monoisotopic (exact) mass is 651 g/mol. The molecule has 3 aliphatic heterocycles. The van der Waals surface area contributed by atoms with Gasteiger partial charge in [-0.1, -0.05) is 38.1 Å². The Morgan fingerprint density at radius 1 is 0.935 bits per heavy atom. The summed E-state index contributed by atoms with van der Waals surface area (Å²) in [5.41, 5.74) is -1.37. The second kappa shape index (κ2) is 12.5. The van der Waals surface area contributed by atoms with E-state index in [2.05, 4.69) is 5.32 Å². The first-order chi connectivity index (χ1) is 21.6. The van der Waals surface area contributed by atoms with Gasteiger partial charge >= 0.3 is 18.4 Å². The first kappa shape index (κ1) is 33.1. The highest BCUT2D eigenvalue weighted by Gasteiger charge is 2.49. The number of likely N-dealkylation sites (N-methyl/N-ethyl adjacent to an activating group) is 1. The summed E-state index contributed by atoms with van der Waals surface area (Å²) in [6.07, 6.45) is -8.97. The summed E-state index contributed by atoms with van der Waals surface area (Å²) in [4.78, 5) is 47.3.